The smallest absolute Gasteiger partial charge is 0.242 e. The molecule has 0 aromatic heterocycles. The maximum Gasteiger partial charge on any atom is 0.242 e. The Morgan fingerprint density at radius 2 is 2.04 bits per heavy atom. The lowest BCUT2D eigenvalue weighted by atomic mass is 9.87. The van der Waals surface area contributed by atoms with Crippen molar-refractivity contribution in [2.24, 2.45) is 0 Å². The van der Waals surface area contributed by atoms with Crippen LogP contribution < -0.4 is 10.6 Å². The normalized spacial score (nSPS) is 17.9. The molecule has 1 heterocycles. The van der Waals surface area contributed by atoms with Crippen LogP contribution in [0.3, 0.4) is 0 Å². The number of nitrogens with one attached hydrogen (secondary N) is 2. The van der Waals surface area contributed by atoms with Crippen molar-refractivity contribution in [1.29, 1.82) is 0 Å². The summed E-state index contributed by atoms with van der Waals surface area (Å²) in [6.45, 7) is 7.35. The Kier molecular flexibility index (Phi) is 5.29. The topological polar surface area (TPSA) is 61.4 Å². The van der Waals surface area contributed by atoms with Crippen LogP contribution in [0.5, 0.6) is 0 Å². The van der Waals surface area contributed by atoms with E-state index in [2.05, 4.69) is 43.5 Å². The average Bonchev–Trinajstić information content (AvgIpc) is 3.01. The molecule has 23 heavy (non-hydrogen) atoms. The number of carbonyl (C=O) groups is 2. The van der Waals surface area contributed by atoms with E-state index in [1.165, 1.54) is 5.56 Å². The summed E-state index contributed by atoms with van der Waals surface area (Å²) in [6.07, 6.45) is 1.62. The van der Waals surface area contributed by atoms with E-state index < -0.39 is 0 Å². The van der Waals surface area contributed by atoms with E-state index in [-0.39, 0.29) is 29.8 Å². The summed E-state index contributed by atoms with van der Waals surface area (Å²) >= 11 is 0. The number of hydrogen-bond donors (Lipinski definition) is 2. The number of nitrogens with zero attached hydrogens (tertiary/aromatic N) is 1. The first-order chi connectivity index (χ1) is 10.8. The van der Waals surface area contributed by atoms with Gasteiger partial charge < -0.3 is 15.5 Å². The summed E-state index contributed by atoms with van der Waals surface area (Å²) in [4.78, 5) is 25.9. The quantitative estimate of drug-likeness (QED) is 0.894. The van der Waals surface area contributed by atoms with Gasteiger partial charge in [-0.05, 0) is 36.0 Å². The van der Waals surface area contributed by atoms with Crippen LogP contribution in [0.15, 0.2) is 24.3 Å². The standard InChI is InChI=1S/C18H27N3O2/c1-18(2,3)13-7-5-8-14(11-13)20-12-16(22)21-10-6-9-15(21)17(23)19-4/h5,7-8,11,15,20H,6,9-10,12H2,1-4H3,(H,19,23)/t15-/m0/s1. The van der Waals surface area contributed by atoms with Crippen molar-refractivity contribution >= 4 is 17.5 Å². The van der Waals surface area contributed by atoms with E-state index in [0.29, 0.717) is 6.54 Å². The highest BCUT2D eigenvalue weighted by Crippen LogP contribution is 2.24. The van der Waals surface area contributed by atoms with Crippen LogP contribution in [0.4, 0.5) is 5.69 Å². The van der Waals surface area contributed by atoms with Gasteiger partial charge in [-0.2, -0.15) is 0 Å². The van der Waals surface area contributed by atoms with Crippen molar-refractivity contribution in [3.05, 3.63) is 29.8 Å². The zero-order chi connectivity index (χ0) is 17.0. The molecule has 5 heteroatoms. The molecule has 126 valence electrons. The molecule has 0 aliphatic carbocycles. The lowest BCUT2D eigenvalue weighted by Crippen LogP contribution is -2.46. The molecule has 1 aromatic rings. The van der Waals surface area contributed by atoms with Crippen LogP contribution >= 0.6 is 0 Å². The van der Waals surface area contributed by atoms with Crippen LogP contribution in [-0.4, -0.2) is 42.9 Å². The first kappa shape index (κ1) is 17.3. The Bertz CT molecular complexity index is 578. The Hall–Kier alpha value is -2.04. The molecule has 1 fully saturated rings. The van der Waals surface area contributed by atoms with Gasteiger partial charge in [0.05, 0.1) is 6.54 Å². The van der Waals surface area contributed by atoms with Crippen molar-refractivity contribution < 1.29 is 9.59 Å². The molecule has 2 amide bonds. The summed E-state index contributed by atoms with van der Waals surface area (Å²) in [5.41, 5.74) is 2.22. The Balaban J connectivity index is 1.98. The van der Waals surface area contributed by atoms with Gasteiger partial charge in [0.2, 0.25) is 11.8 Å². The second kappa shape index (κ2) is 7.02. The molecule has 1 aromatic carbocycles. The molecule has 0 unspecified atom stereocenters. The first-order valence-electron chi connectivity index (χ1n) is 8.18. The van der Waals surface area contributed by atoms with E-state index in [1.807, 2.05) is 12.1 Å². The highest BCUT2D eigenvalue weighted by molar-refractivity contribution is 5.89. The van der Waals surface area contributed by atoms with Gasteiger partial charge in [-0.25, -0.2) is 0 Å². The van der Waals surface area contributed by atoms with Crippen molar-refractivity contribution in [1.82, 2.24) is 10.2 Å². The predicted octanol–water partition coefficient (Wildman–Crippen LogP) is 2.13. The highest BCUT2D eigenvalue weighted by atomic mass is 16.2. The summed E-state index contributed by atoms with van der Waals surface area (Å²) < 4.78 is 0. The molecular formula is C18H27N3O2. The molecule has 1 saturated heterocycles. The molecule has 5 nitrogen and oxygen atoms in total. The molecule has 1 aliphatic heterocycles. The fourth-order valence-electron chi connectivity index (χ4n) is 2.88. The highest BCUT2D eigenvalue weighted by Gasteiger charge is 2.33. The van der Waals surface area contributed by atoms with Crippen molar-refractivity contribution in [3.8, 4) is 0 Å². The zero-order valence-corrected chi connectivity index (χ0v) is 14.5. The van der Waals surface area contributed by atoms with E-state index in [1.54, 1.807) is 11.9 Å². The van der Waals surface area contributed by atoms with E-state index in [4.69, 9.17) is 0 Å². The monoisotopic (exact) mass is 317 g/mol. The van der Waals surface area contributed by atoms with Crippen LogP contribution in [0.1, 0.15) is 39.2 Å². The maximum atomic E-state index is 12.4. The number of hydrogen-bond acceptors (Lipinski definition) is 3. The molecule has 0 radical (unpaired) electrons. The SMILES string of the molecule is CNC(=O)[C@@H]1CCCN1C(=O)CNc1cccc(C(C)(C)C)c1. The molecule has 1 atom stereocenters. The third-order valence-electron chi connectivity index (χ3n) is 4.29. The first-order valence-corrected chi connectivity index (χ1v) is 8.18. The summed E-state index contributed by atoms with van der Waals surface area (Å²) in [6, 6.07) is 7.80. The van der Waals surface area contributed by atoms with Gasteiger partial charge >= 0.3 is 0 Å². The van der Waals surface area contributed by atoms with Gasteiger partial charge in [0.1, 0.15) is 6.04 Å². The minimum Gasteiger partial charge on any atom is -0.376 e. The van der Waals surface area contributed by atoms with E-state index in [0.717, 1.165) is 18.5 Å². The van der Waals surface area contributed by atoms with Crippen LogP contribution in [-0.2, 0) is 15.0 Å². The predicted molar refractivity (Wildman–Crippen MR) is 92.4 cm³/mol. The number of likely N-dealkylation sites (tertiary alicyclic amines) is 1. The molecule has 2 rings (SSSR count). The molecule has 0 saturated carbocycles. The second-order valence-corrected chi connectivity index (χ2v) is 7.04. The third kappa shape index (κ3) is 4.24. The van der Waals surface area contributed by atoms with Crippen LogP contribution in [0, 0.1) is 0 Å². The van der Waals surface area contributed by atoms with Gasteiger partial charge in [-0.3, -0.25) is 9.59 Å². The fraction of sp³-hybridized carbons (Fsp3) is 0.556. The minimum absolute atomic E-state index is 0.0303. The maximum absolute atomic E-state index is 12.4. The summed E-state index contributed by atoms with van der Waals surface area (Å²) in [7, 11) is 1.61. The number of likely N-dealkylation sites (N-methyl/N-ethyl adjacent to an activating group) is 1. The minimum atomic E-state index is -0.324. The van der Waals surface area contributed by atoms with Gasteiger partial charge in [-0.1, -0.05) is 32.9 Å². The van der Waals surface area contributed by atoms with Crippen LogP contribution in [0.2, 0.25) is 0 Å². The lowest BCUT2D eigenvalue weighted by Gasteiger charge is -2.24. The lowest BCUT2D eigenvalue weighted by molar-refractivity contribution is -0.136. The average molecular weight is 317 g/mol. The molecule has 2 N–H and O–H groups in total. The number of anilines is 1. The summed E-state index contributed by atoms with van der Waals surface area (Å²) in [5.74, 6) is -0.108. The largest absolute Gasteiger partial charge is 0.376 e. The van der Waals surface area contributed by atoms with Gasteiger partial charge in [-0.15, -0.1) is 0 Å². The number of carbonyl (C=O) groups excluding carboxylic acids is 2. The number of benzene rings is 1. The summed E-state index contributed by atoms with van der Waals surface area (Å²) in [5, 5.41) is 5.82. The van der Waals surface area contributed by atoms with Crippen molar-refractivity contribution in [3.63, 3.8) is 0 Å². The molecule has 0 bridgehead atoms. The Morgan fingerprint density at radius 3 is 2.70 bits per heavy atom. The van der Waals surface area contributed by atoms with Crippen LogP contribution in [0.25, 0.3) is 0 Å². The van der Waals surface area contributed by atoms with Crippen molar-refractivity contribution in [2.75, 3.05) is 25.5 Å². The van der Waals surface area contributed by atoms with Gasteiger partial charge in [0.15, 0.2) is 0 Å². The number of rotatable bonds is 4. The molecular weight excluding hydrogens is 290 g/mol. The molecule has 0 spiro atoms. The fourth-order valence-corrected chi connectivity index (χ4v) is 2.88. The zero-order valence-electron chi connectivity index (χ0n) is 14.5. The number of amides is 2. The second-order valence-electron chi connectivity index (χ2n) is 7.04. The van der Waals surface area contributed by atoms with Gasteiger partial charge in [0, 0.05) is 19.3 Å². The van der Waals surface area contributed by atoms with E-state index in [9.17, 15) is 9.59 Å². The molecule has 1 aliphatic rings. The van der Waals surface area contributed by atoms with Gasteiger partial charge in [0.25, 0.3) is 0 Å². The Morgan fingerprint density at radius 1 is 1.30 bits per heavy atom. The Labute approximate surface area is 138 Å². The van der Waals surface area contributed by atoms with Crippen molar-refractivity contribution in [2.45, 2.75) is 45.1 Å². The third-order valence-corrected chi connectivity index (χ3v) is 4.29. The van der Waals surface area contributed by atoms with E-state index >= 15 is 0 Å².